The molecule has 0 spiro atoms. The molecular formula is C17H13Cl2N3. The Morgan fingerprint density at radius 1 is 1.05 bits per heavy atom. The Hall–Kier alpha value is -2.10. The van der Waals surface area contributed by atoms with E-state index in [0.717, 1.165) is 16.7 Å². The molecule has 0 atom stereocenters. The van der Waals surface area contributed by atoms with Crippen molar-refractivity contribution in [2.45, 2.75) is 6.54 Å². The van der Waals surface area contributed by atoms with Gasteiger partial charge in [-0.1, -0.05) is 53.5 Å². The first-order valence-corrected chi connectivity index (χ1v) is 7.51. The summed E-state index contributed by atoms with van der Waals surface area (Å²) in [5.74, 6) is 0. The minimum Gasteiger partial charge on any atom is -0.249 e. The van der Waals surface area contributed by atoms with Crippen LogP contribution < -0.4 is 0 Å². The average Bonchev–Trinajstić information content (AvgIpc) is 3.03. The van der Waals surface area contributed by atoms with Gasteiger partial charge in [-0.05, 0) is 41.0 Å². The molecule has 2 aromatic carbocycles. The Bertz CT molecular complexity index is 778. The predicted molar refractivity (Wildman–Crippen MR) is 90.8 cm³/mol. The van der Waals surface area contributed by atoms with Crippen molar-refractivity contribution in [1.29, 1.82) is 0 Å². The Morgan fingerprint density at radius 2 is 1.82 bits per heavy atom. The number of halogens is 2. The maximum absolute atomic E-state index is 6.26. The van der Waals surface area contributed by atoms with E-state index >= 15 is 0 Å². The van der Waals surface area contributed by atoms with Gasteiger partial charge < -0.3 is 0 Å². The van der Waals surface area contributed by atoms with Gasteiger partial charge in [-0.25, -0.2) is 9.67 Å². The summed E-state index contributed by atoms with van der Waals surface area (Å²) in [6.07, 6.45) is 5.28. The van der Waals surface area contributed by atoms with E-state index in [1.807, 2.05) is 48.5 Å². The highest BCUT2D eigenvalue weighted by Crippen LogP contribution is 2.25. The Labute approximate surface area is 138 Å². The van der Waals surface area contributed by atoms with Gasteiger partial charge in [0, 0.05) is 10.0 Å². The summed E-state index contributed by atoms with van der Waals surface area (Å²) < 4.78 is 1.78. The van der Waals surface area contributed by atoms with E-state index in [1.54, 1.807) is 11.0 Å². The van der Waals surface area contributed by atoms with Crippen molar-refractivity contribution >= 4 is 34.9 Å². The van der Waals surface area contributed by atoms with Crippen LogP contribution in [0.2, 0.25) is 10.0 Å². The van der Waals surface area contributed by atoms with E-state index in [0.29, 0.717) is 16.6 Å². The molecule has 0 saturated carbocycles. The second-order valence-electron chi connectivity index (χ2n) is 4.79. The molecule has 0 unspecified atom stereocenters. The maximum atomic E-state index is 6.26. The lowest BCUT2D eigenvalue weighted by Gasteiger charge is -2.09. The summed E-state index contributed by atoms with van der Waals surface area (Å²) >= 11 is 12.2. The van der Waals surface area contributed by atoms with Crippen LogP contribution in [0.5, 0.6) is 0 Å². The Kier molecular flexibility index (Phi) is 4.56. The third-order valence-corrected chi connectivity index (χ3v) is 3.85. The number of benzene rings is 2. The Morgan fingerprint density at radius 3 is 2.50 bits per heavy atom. The molecule has 110 valence electrons. The first-order valence-electron chi connectivity index (χ1n) is 6.76. The summed E-state index contributed by atoms with van der Waals surface area (Å²) in [5, 5.41) is 5.59. The fraction of sp³-hybridized carbons (Fsp3) is 0.0588. The summed E-state index contributed by atoms with van der Waals surface area (Å²) in [6, 6.07) is 15.5. The maximum Gasteiger partial charge on any atom is 0.137 e. The molecule has 0 N–H and O–H groups in total. The third kappa shape index (κ3) is 3.56. The second-order valence-corrected chi connectivity index (χ2v) is 5.63. The zero-order valence-corrected chi connectivity index (χ0v) is 13.2. The molecule has 3 nitrogen and oxygen atoms in total. The molecule has 5 heteroatoms. The zero-order valence-electron chi connectivity index (χ0n) is 11.7. The average molecular weight is 330 g/mol. The van der Waals surface area contributed by atoms with Crippen molar-refractivity contribution < 1.29 is 0 Å². The molecule has 0 radical (unpaired) electrons. The van der Waals surface area contributed by atoms with Crippen LogP contribution in [0.4, 0.5) is 0 Å². The molecule has 3 aromatic rings. The van der Waals surface area contributed by atoms with E-state index in [1.165, 1.54) is 6.33 Å². The van der Waals surface area contributed by atoms with Gasteiger partial charge in [-0.2, -0.15) is 5.10 Å². The summed E-state index contributed by atoms with van der Waals surface area (Å²) in [7, 11) is 0. The molecule has 0 bridgehead atoms. The lowest BCUT2D eigenvalue weighted by Crippen LogP contribution is -2.01. The van der Waals surface area contributed by atoms with E-state index in [2.05, 4.69) is 16.2 Å². The van der Waals surface area contributed by atoms with Crippen molar-refractivity contribution in [2.24, 2.45) is 0 Å². The van der Waals surface area contributed by atoms with Crippen LogP contribution in [-0.2, 0) is 6.54 Å². The number of aromatic nitrogens is 3. The highest BCUT2D eigenvalue weighted by Gasteiger charge is 2.06. The fourth-order valence-electron chi connectivity index (χ4n) is 2.15. The zero-order chi connectivity index (χ0) is 15.4. The Balaban J connectivity index is 2.02. The molecule has 1 aromatic heterocycles. The van der Waals surface area contributed by atoms with E-state index < -0.39 is 0 Å². The van der Waals surface area contributed by atoms with Crippen LogP contribution in [0.1, 0.15) is 11.1 Å². The van der Waals surface area contributed by atoms with Crippen molar-refractivity contribution in [2.75, 3.05) is 0 Å². The number of allylic oxidation sites excluding steroid dienone is 1. The SMILES string of the molecule is Clc1ccc(/C(=C/c2ccccc2Cl)Cn2cncn2)cc1. The van der Waals surface area contributed by atoms with Crippen molar-refractivity contribution in [3.63, 3.8) is 0 Å². The molecule has 0 aliphatic heterocycles. The van der Waals surface area contributed by atoms with Gasteiger partial charge in [0.1, 0.15) is 12.7 Å². The minimum atomic E-state index is 0.604. The molecular weight excluding hydrogens is 317 g/mol. The molecule has 0 aliphatic rings. The normalized spacial score (nSPS) is 11.6. The van der Waals surface area contributed by atoms with Gasteiger partial charge in [0.05, 0.1) is 6.54 Å². The first kappa shape index (κ1) is 14.8. The molecule has 3 rings (SSSR count). The molecule has 1 heterocycles. The second kappa shape index (κ2) is 6.77. The topological polar surface area (TPSA) is 30.7 Å². The molecule has 0 saturated heterocycles. The number of rotatable bonds is 4. The molecule has 0 aliphatic carbocycles. The standard InChI is InChI=1S/C17H13Cl2N3/c18-16-7-5-13(6-8-16)15(10-22-12-20-11-21-22)9-14-3-1-2-4-17(14)19/h1-9,11-12H,10H2/b15-9+. The van der Waals surface area contributed by atoms with Crippen molar-refractivity contribution in [1.82, 2.24) is 14.8 Å². The molecule has 0 amide bonds. The highest BCUT2D eigenvalue weighted by molar-refractivity contribution is 6.32. The van der Waals surface area contributed by atoms with Crippen molar-refractivity contribution in [3.05, 3.63) is 82.4 Å². The predicted octanol–water partition coefficient (Wildman–Crippen LogP) is 4.83. The van der Waals surface area contributed by atoms with Gasteiger partial charge in [0.2, 0.25) is 0 Å². The van der Waals surface area contributed by atoms with Crippen LogP contribution in [0.15, 0.2) is 61.2 Å². The van der Waals surface area contributed by atoms with Gasteiger partial charge in [0.15, 0.2) is 0 Å². The molecule has 0 fully saturated rings. The molecule has 22 heavy (non-hydrogen) atoms. The van der Waals surface area contributed by atoms with Crippen LogP contribution in [0, 0.1) is 0 Å². The van der Waals surface area contributed by atoms with Crippen LogP contribution >= 0.6 is 23.2 Å². The fourth-order valence-corrected chi connectivity index (χ4v) is 2.47. The van der Waals surface area contributed by atoms with Gasteiger partial charge in [-0.15, -0.1) is 0 Å². The largest absolute Gasteiger partial charge is 0.249 e. The van der Waals surface area contributed by atoms with Crippen LogP contribution in [-0.4, -0.2) is 14.8 Å². The van der Waals surface area contributed by atoms with Crippen molar-refractivity contribution in [3.8, 4) is 0 Å². The summed E-state index contributed by atoms with van der Waals surface area (Å²) in [5.41, 5.74) is 3.12. The number of nitrogens with zero attached hydrogens (tertiary/aromatic N) is 3. The number of hydrogen-bond acceptors (Lipinski definition) is 2. The third-order valence-electron chi connectivity index (χ3n) is 3.25. The smallest absolute Gasteiger partial charge is 0.137 e. The van der Waals surface area contributed by atoms with Gasteiger partial charge >= 0.3 is 0 Å². The number of hydrogen-bond donors (Lipinski definition) is 0. The van der Waals surface area contributed by atoms with Gasteiger partial charge in [-0.3, -0.25) is 0 Å². The minimum absolute atomic E-state index is 0.604. The van der Waals surface area contributed by atoms with Crippen LogP contribution in [0.3, 0.4) is 0 Å². The van der Waals surface area contributed by atoms with E-state index in [4.69, 9.17) is 23.2 Å². The van der Waals surface area contributed by atoms with Gasteiger partial charge in [0.25, 0.3) is 0 Å². The monoisotopic (exact) mass is 329 g/mol. The lowest BCUT2D eigenvalue weighted by atomic mass is 10.0. The lowest BCUT2D eigenvalue weighted by molar-refractivity contribution is 0.711. The van der Waals surface area contributed by atoms with E-state index in [9.17, 15) is 0 Å². The summed E-state index contributed by atoms with van der Waals surface area (Å²) in [6.45, 7) is 0.604. The highest BCUT2D eigenvalue weighted by atomic mass is 35.5. The van der Waals surface area contributed by atoms with Crippen LogP contribution in [0.25, 0.3) is 11.6 Å². The first-order chi connectivity index (χ1) is 10.7. The quantitative estimate of drug-likeness (QED) is 0.642. The van der Waals surface area contributed by atoms with E-state index in [-0.39, 0.29) is 0 Å². The summed E-state index contributed by atoms with van der Waals surface area (Å²) in [4.78, 5) is 3.99.